The third-order valence-corrected chi connectivity index (χ3v) is 3.77. The van der Waals surface area contributed by atoms with Crippen molar-refractivity contribution in [1.82, 2.24) is 20.0 Å². The van der Waals surface area contributed by atoms with Gasteiger partial charge in [-0.05, 0) is 31.5 Å². The van der Waals surface area contributed by atoms with Crippen LogP contribution in [0.2, 0.25) is 0 Å². The summed E-state index contributed by atoms with van der Waals surface area (Å²) in [7, 11) is 1.67. The fraction of sp³-hybridized carbons (Fsp3) is 0.533. The highest BCUT2D eigenvalue weighted by Gasteiger charge is 2.28. The van der Waals surface area contributed by atoms with Crippen LogP contribution in [0.3, 0.4) is 0 Å². The molecule has 1 aliphatic rings. The molecular weight excluding hydrogens is 268 g/mol. The van der Waals surface area contributed by atoms with Crippen molar-refractivity contribution in [2.75, 3.05) is 20.3 Å². The highest BCUT2D eigenvalue weighted by Crippen LogP contribution is 2.31. The van der Waals surface area contributed by atoms with Crippen LogP contribution in [0.5, 0.6) is 0 Å². The standard InChI is InChI=1S/C15H20N4O2/c1-20-10-7-14-17-15(21-18-14)11-19-9-4-6-13(19)12-5-2-3-8-16-12/h2-3,5,8,13H,4,6-7,9-11H2,1H3. The van der Waals surface area contributed by atoms with Crippen LogP contribution in [0.1, 0.15) is 36.3 Å². The highest BCUT2D eigenvalue weighted by atomic mass is 16.5. The van der Waals surface area contributed by atoms with Crippen LogP contribution < -0.4 is 0 Å². The van der Waals surface area contributed by atoms with Crippen molar-refractivity contribution in [2.45, 2.75) is 31.8 Å². The summed E-state index contributed by atoms with van der Waals surface area (Å²) in [4.78, 5) is 11.3. The molecule has 0 bridgehead atoms. The molecule has 1 saturated heterocycles. The Labute approximate surface area is 124 Å². The molecule has 3 rings (SSSR count). The molecule has 2 aromatic rings. The molecule has 1 atom stereocenters. The maximum atomic E-state index is 5.33. The number of hydrogen-bond donors (Lipinski definition) is 0. The Morgan fingerprint density at radius 3 is 3.19 bits per heavy atom. The maximum Gasteiger partial charge on any atom is 0.240 e. The highest BCUT2D eigenvalue weighted by molar-refractivity contribution is 5.10. The van der Waals surface area contributed by atoms with E-state index in [9.17, 15) is 0 Å². The van der Waals surface area contributed by atoms with Crippen LogP contribution in [0.15, 0.2) is 28.9 Å². The van der Waals surface area contributed by atoms with E-state index in [4.69, 9.17) is 9.26 Å². The zero-order valence-electron chi connectivity index (χ0n) is 12.2. The topological polar surface area (TPSA) is 64.3 Å². The van der Waals surface area contributed by atoms with E-state index in [-0.39, 0.29) is 0 Å². The van der Waals surface area contributed by atoms with Gasteiger partial charge in [-0.15, -0.1) is 0 Å². The fourth-order valence-electron chi connectivity index (χ4n) is 2.75. The molecular formula is C15H20N4O2. The number of methoxy groups -OCH3 is 1. The molecule has 0 amide bonds. The second kappa shape index (κ2) is 6.78. The lowest BCUT2D eigenvalue weighted by Crippen LogP contribution is -2.23. The van der Waals surface area contributed by atoms with Crippen LogP contribution in [-0.4, -0.2) is 40.3 Å². The van der Waals surface area contributed by atoms with Gasteiger partial charge in [0.15, 0.2) is 5.82 Å². The van der Waals surface area contributed by atoms with Gasteiger partial charge in [0.1, 0.15) is 0 Å². The average molecular weight is 288 g/mol. The summed E-state index contributed by atoms with van der Waals surface area (Å²) in [5.41, 5.74) is 1.12. The number of ether oxygens (including phenoxy) is 1. The van der Waals surface area contributed by atoms with E-state index in [1.54, 1.807) is 7.11 Å². The lowest BCUT2D eigenvalue weighted by molar-refractivity contribution is 0.198. The van der Waals surface area contributed by atoms with E-state index in [2.05, 4.69) is 26.1 Å². The SMILES string of the molecule is COCCc1noc(CN2CCCC2c2ccccn2)n1. The minimum absolute atomic E-state index is 0.348. The van der Waals surface area contributed by atoms with E-state index in [1.165, 1.54) is 6.42 Å². The van der Waals surface area contributed by atoms with Gasteiger partial charge in [-0.1, -0.05) is 11.2 Å². The quantitative estimate of drug-likeness (QED) is 0.810. The first-order valence-electron chi connectivity index (χ1n) is 7.32. The zero-order valence-corrected chi connectivity index (χ0v) is 12.2. The Morgan fingerprint density at radius 2 is 2.38 bits per heavy atom. The van der Waals surface area contributed by atoms with Gasteiger partial charge in [-0.2, -0.15) is 4.98 Å². The Morgan fingerprint density at radius 1 is 1.43 bits per heavy atom. The third-order valence-electron chi connectivity index (χ3n) is 3.77. The van der Waals surface area contributed by atoms with Gasteiger partial charge < -0.3 is 9.26 Å². The molecule has 1 unspecified atom stereocenters. The second-order valence-electron chi connectivity index (χ2n) is 5.23. The summed E-state index contributed by atoms with van der Waals surface area (Å²) in [6.45, 7) is 2.33. The summed E-state index contributed by atoms with van der Waals surface area (Å²) >= 11 is 0. The first-order chi connectivity index (χ1) is 10.4. The Bertz CT molecular complexity index is 558. The van der Waals surface area contributed by atoms with Crippen LogP contribution in [0, 0.1) is 0 Å². The molecule has 6 heteroatoms. The van der Waals surface area contributed by atoms with Gasteiger partial charge in [-0.25, -0.2) is 0 Å². The van der Waals surface area contributed by atoms with Crippen LogP contribution in [0.25, 0.3) is 0 Å². The lowest BCUT2D eigenvalue weighted by atomic mass is 10.1. The first kappa shape index (κ1) is 14.2. The molecule has 2 aromatic heterocycles. The number of hydrogen-bond acceptors (Lipinski definition) is 6. The summed E-state index contributed by atoms with van der Waals surface area (Å²) in [5.74, 6) is 1.38. The third kappa shape index (κ3) is 3.46. The van der Waals surface area contributed by atoms with Crippen LogP contribution >= 0.6 is 0 Å². The average Bonchev–Trinajstić information content (AvgIpc) is 3.16. The number of pyridine rings is 1. The molecule has 21 heavy (non-hydrogen) atoms. The Hall–Kier alpha value is -1.79. The molecule has 0 saturated carbocycles. The molecule has 0 spiro atoms. The minimum atomic E-state index is 0.348. The van der Waals surface area contributed by atoms with E-state index in [1.807, 2.05) is 18.3 Å². The van der Waals surface area contributed by atoms with E-state index in [0.29, 0.717) is 37.3 Å². The molecule has 0 radical (unpaired) electrons. The predicted octanol–water partition coefficient (Wildman–Crippen LogP) is 1.99. The number of aromatic nitrogens is 3. The largest absolute Gasteiger partial charge is 0.384 e. The fourth-order valence-corrected chi connectivity index (χ4v) is 2.75. The van der Waals surface area contributed by atoms with Gasteiger partial charge in [0.2, 0.25) is 5.89 Å². The summed E-state index contributed by atoms with van der Waals surface area (Å²) in [5, 5.41) is 3.99. The van der Waals surface area contributed by atoms with Gasteiger partial charge in [0.25, 0.3) is 0 Å². The molecule has 1 aliphatic heterocycles. The number of likely N-dealkylation sites (tertiary alicyclic amines) is 1. The summed E-state index contributed by atoms with van der Waals surface area (Å²) in [6.07, 6.45) is 4.83. The van der Waals surface area contributed by atoms with Crippen molar-refractivity contribution in [2.24, 2.45) is 0 Å². The van der Waals surface area contributed by atoms with Crippen molar-refractivity contribution in [3.63, 3.8) is 0 Å². The van der Waals surface area contributed by atoms with Crippen molar-refractivity contribution in [3.8, 4) is 0 Å². The van der Waals surface area contributed by atoms with Crippen molar-refractivity contribution in [1.29, 1.82) is 0 Å². The van der Waals surface area contributed by atoms with Gasteiger partial charge in [0, 0.05) is 19.7 Å². The lowest BCUT2D eigenvalue weighted by Gasteiger charge is -2.21. The van der Waals surface area contributed by atoms with Crippen molar-refractivity contribution in [3.05, 3.63) is 41.8 Å². The van der Waals surface area contributed by atoms with E-state index in [0.717, 1.165) is 18.7 Å². The van der Waals surface area contributed by atoms with Gasteiger partial charge in [-0.3, -0.25) is 9.88 Å². The second-order valence-corrected chi connectivity index (χ2v) is 5.23. The Balaban J connectivity index is 1.65. The molecule has 0 aliphatic carbocycles. The summed E-state index contributed by atoms with van der Waals surface area (Å²) in [6, 6.07) is 6.42. The van der Waals surface area contributed by atoms with Crippen molar-refractivity contribution >= 4 is 0 Å². The first-order valence-corrected chi connectivity index (χ1v) is 7.32. The molecule has 112 valence electrons. The van der Waals surface area contributed by atoms with Crippen LogP contribution in [0.4, 0.5) is 0 Å². The van der Waals surface area contributed by atoms with Gasteiger partial charge >= 0.3 is 0 Å². The summed E-state index contributed by atoms with van der Waals surface area (Å²) < 4.78 is 10.4. The zero-order chi connectivity index (χ0) is 14.5. The van der Waals surface area contributed by atoms with Gasteiger partial charge in [0.05, 0.1) is 24.9 Å². The van der Waals surface area contributed by atoms with Crippen molar-refractivity contribution < 1.29 is 9.26 Å². The smallest absolute Gasteiger partial charge is 0.240 e. The Kier molecular flexibility index (Phi) is 4.57. The molecule has 0 aromatic carbocycles. The molecule has 6 nitrogen and oxygen atoms in total. The van der Waals surface area contributed by atoms with E-state index < -0.39 is 0 Å². The molecule has 1 fully saturated rings. The minimum Gasteiger partial charge on any atom is -0.384 e. The normalized spacial score (nSPS) is 19.2. The van der Waals surface area contributed by atoms with E-state index >= 15 is 0 Å². The molecule has 3 heterocycles. The predicted molar refractivity (Wildman–Crippen MR) is 76.5 cm³/mol. The molecule has 0 N–H and O–H groups in total. The number of rotatable bonds is 6. The van der Waals surface area contributed by atoms with Crippen LogP contribution in [-0.2, 0) is 17.7 Å². The number of nitrogens with zero attached hydrogens (tertiary/aromatic N) is 4. The monoisotopic (exact) mass is 288 g/mol. The maximum absolute atomic E-state index is 5.33.